The quantitative estimate of drug-likeness (QED) is 0.184. The van der Waals surface area contributed by atoms with Crippen molar-refractivity contribution in [2.24, 2.45) is 0 Å². The Morgan fingerprint density at radius 2 is 1.04 bits per heavy atom. The summed E-state index contributed by atoms with van der Waals surface area (Å²) in [5.41, 5.74) is 0. The fourth-order valence-corrected chi connectivity index (χ4v) is 3.02. The number of carbonyl (C=O) groups is 2. The van der Waals surface area contributed by atoms with E-state index in [1.807, 2.05) is 6.92 Å². The molecule has 0 bridgehead atoms. The normalized spacial score (nSPS) is 10.7. The molecule has 0 spiro atoms. The van der Waals surface area contributed by atoms with Crippen molar-refractivity contribution in [3.8, 4) is 0 Å². The van der Waals surface area contributed by atoms with Gasteiger partial charge in [-0.3, -0.25) is 4.79 Å². The molecule has 5 heteroatoms. The zero-order valence-electron chi connectivity index (χ0n) is 18.8. The van der Waals surface area contributed by atoms with Gasteiger partial charge in [0.25, 0.3) is 0 Å². The smallest absolute Gasteiger partial charge is 0.410 e. The van der Waals surface area contributed by atoms with Crippen molar-refractivity contribution in [3.05, 3.63) is 0 Å². The number of amides is 1. The first kappa shape index (κ1) is 26.7. The second-order valence-corrected chi connectivity index (χ2v) is 7.79. The van der Waals surface area contributed by atoms with Crippen LogP contribution in [0.2, 0.25) is 0 Å². The minimum Gasteiger partial charge on any atom is -0.464 e. The molecule has 0 aliphatic rings. The summed E-state index contributed by atoms with van der Waals surface area (Å²) in [7, 11) is 1.56. The maximum atomic E-state index is 11.7. The molecular weight excluding hydrogens is 354 g/mol. The number of rotatable bonds is 19. The van der Waals surface area contributed by atoms with Gasteiger partial charge in [0.05, 0.1) is 13.2 Å². The molecule has 0 fully saturated rings. The third-order valence-corrected chi connectivity index (χ3v) is 4.91. The average molecular weight is 400 g/mol. The van der Waals surface area contributed by atoms with Gasteiger partial charge in [0.2, 0.25) is 0 Å². The molecule has 166 valence electrons. The van der Waals surface area contributed by atoms with Gasteiger partial charge in [0.1, 0.15) is 6.54 Å². The molecule has 0 saturated carbocycles. The zero-order valence-corrected chi connectivity index (χ0v) is 18.8. The molecule has 5 nitrogen and oxygen atoms in total. The standard InChI is InChI=1S/C23H45NO4/c1-4-6-8-9-10-11-12-13-14-15-16-17-18-20-27-22(25)21-24(3)23(26)28-19-7-5-2/h4-21H2,1-3H3. The lowest BCUT2D eigenvalue weighted by Crippen LogP contribution is -2.33. The Bertz CT molecular complexity index is 374. The Kier molecular flexibility index (Phi) is 19.6. The Balaban J connectivity index is 3.37. The van der Waals surface area contributed by atoms with Crippen LogP contribution in [0.15, 0.2) is 0 Å². The summed E-state index contributed by atoms with van der Waals surface area (Å²) >= 11 is 0. The zero-order chi connectivity index (χ0) is 20.9. The highest BCUT2D eigenvalue weighted by Gasteiger charge is 2.14. The number of esters is 1. The second-order valence-electron chi connectivity index (χ2n) is 7.79. The molecule has 0 aliphatic heterocycles. The van der Waals surface area contributed by atoms with Gasteiger partial charge in [-0.15, -0.1) is 0 Å². The Labute approximate surface area is 173 Å². The fourth-order valence-electron chi connectivity index (χ4n) is 3.02. The number of ether oxygens (including phenoxy) is 2. The third-order valence-electron chi connectivity index (χ3n) is 4.91. The van der Waals surface area contributed by atoms with Crippen molar-refractivity contribution >= 4 is 12.1 Å². The van der Waals surface area contributed by atoms with E-state index in [0.717, 1.165) is 25.7 Å². The fraction of sp³-hybridized carbons (Fsp3) is 0.913. The predicted octanol–water partition coefficient (Wildman–Crippen LogP) is 6.49. The van der Waals surface area contributed by atoms with Crippen molar-refractivity contribution in [2.75, 3.05) is 26.8 Å². The van der Waals surface area contributed by atoms with Crippen molar-refractivity contribution in [1.29, 1.82) is 0 Å². The van der Waals surface area contributed by atoms with E-state index in [1.54, 1.807) is 7.05 Å². The van der Waals surface area contributed by atoms with Gasteiger partial charge in [-0.25, -0.2) is 4.79 Å². The molecule has 0 rings (SSSR count). The van der Waals surface area contributed by atoms with Crippen LogP contribution in [0.5, 0.6) is 0 Å². The molecule has 0 unspecified atom stereocenters. The molecule has 0 radical (unpaired) electrons. The highest BCUT2D eigenvalue weighted by Crippen LogP contribution is 2.12. The number of carbonyl (C=O) groups excluding carboxylic acids is 2. The molecule has 0 aromatic heterocycles. The van der Waals surface area contributed by atoms with E-state index in [4.69, 9.17) is 9.47 Å². The number of nitrogens with zero attached hydrogens (tertiary/aromatic N) is 1. The molecule has 0 aromatic carbocycles. The summed E-state index contributed by atoms with van der Waals surface area (Å²) in [6.07, 6.45) is 18.2. The van der Waals surface area contributed by atoms with E-state index in [9.17, 15) is 9.59 Å². The van der Waals surface area contributed by atoms with Crippen LogP contribution in [0.1, 0.15) is 110 Å². The highest BCUT2D eigenvalue weighted by atomic mass is 16.6. The van der Waals surface area contributed by atoms with Crippen molar-refractivity contribution in [3.63, 3.8) is 0 Å². The monoisotopic (exact) mass is 399 g/mol. The number of likely N-dealkylation sites (N-methyl/N-ethyl adjacent to an activating group) is 1. The van der Waals surface area contributed by atoms with E-state index in [0.29, 0.717) is 13.2 Å². The van der Waals surface area contributed by atoms with Gasteiger partial charge < -0.3 is 14.4 Å². The first-order chi connectivity index (χ1) is 13.6. The molecule has 0 aromatic rings. The van der Waals surface area contributed by atoms with Gasteiger partial charge in [-0.1, -0.05) is 97.3 Å². The SMILES string of the molecule is CCCCCCCCCCCCCCCOC(=O)CN(C)C(=O)OCCCC. The molecule has 1 amide bonds. The average Bonchev–Trinajstić information content (AvgIpc) is 2.68. The van der Waals surface area contributed by atoms with Crippen molar-refractivity contribution < 1.29 is 19.1 Å². The Morgan fingerprint density at radius 3 is 1.54 bits per heavy atom. The van der Waals surface area contributed by atoms with Crippen LogP contribution in [0.4, 0.5) is 4.79 Å². The van der Waals surface area contributed by atoms with E-state index in [1.165, 1.54) is 75.5 Å². The highest BCUT2D eigenvalue weighted by molar-refractivity contribution is 5.77. The van der Waals surface area contributed by atoms with Gasteiger partial charge in [-0.2, -0.15) is 0 Å². The molecule has 0 heterocycles. The molecule has 0 aliphatic carbocycles. The minimum atomic E-state index is -0.466. The molecular formula is C23H45NO4. The summed E-state index contributed by atoms with van der Waals surface area (Å²) in [4.78, 5) is 24.7. The van der Waals surface area contributed by atoms with Crippen LogP contribution in [-0.2, 0) is 14.3 Å². The van der Waals surface area contributed by atoms with Gasteiger partial charge in [-0.05, 0) is 12.8 Å². The summed E-state index contributed by atoms with van der Waals surface area (Å²) in [5.74, 6) is -0.367. The number of hydrogen-bond donors (Lipinski definition) is 0. The largest absolute Gasteiger partial charge is 0.464 e. The van der Waals surface area contributed by atoms with Gasteiger partial charge in [0, 0.05) is 7.05 Å². The third kappa shape index (κ3) is 18.1. The number of unbranched alkanes of at least 4 members (excludes halogenated alkanes) is 13. The minimum absolute atomic E-state index is 0.0522. The van der Waals surface area contributed by atoms with E-state index >= 15 is 0 Å². The Hall–Kier alpha value is -1.26. The van der Waals surface area contributed by atoms with Gasteiger partial charge in [0.15, 0.2) is 0 Å². The molecule has 0 atom stereocenters. The summed E-state index contributed by atoms with van der Waals surface area (Å²) < 4.78 is 10.3. The Morgan fingerprint density at radius 1 is 0.607 bits per heavy atom. The topological polar surface area (TPSA) is 55.8 Å². The maximum absolute atomic E-state index is 11.7. The lowest BCUT2D eigenvalue weighted by atomic mass is 10.0. The van der Waals surface area contributed by atoms with Crippen LogP contribution in [-0.4, -0.2) is 43.8 Å². The maximum Gasteiger partial charge on any atom is 0.410 e. The van der Waals surface area contributed by atoms with Crippen LogP contribution in [0, 0.1) is 0 Å². The second kappa shape index (κ2) is 20.5. The first-order valence-electron chi connectivity index (χ1n) is 11.6. The predicted molar refractivity (Wildman–Crippen MR) is 116 cm³/mol. The van der Waals surface area contributed by atoms with Gasteiger partial charge >= 0.3 is 12.1 Å². The summed E-state index contributed by atoms with van der Waals surface area (Å²) in [5, 5.41) is 0. The molecule has 28 heavy (non-hydrogen) atoms. The summed E-state index contributed by atoms with van der Waals surface area (Å²) in [6, 6.07) is 0. The van der Waals surface area contributed by atoms with Crippen LogP contribution in [0.25, 0.3) is 0 Å². The lowest BCUT2D eigenvalue weighted by Gasteiger charge is -2.16. The number of hydrogen-bond acceptors (Lipinski definition) is 4. The van der Waals surface area contributed by atoms with E-state index in [2.05, 4.69) is 6.92 Å². The molecule has 0 N–H and O–H groups in total. The van der Waals surface area contributed by atoms with Crippen molar-refractivity contribution in [2.45, 2.75) is 110 Å². The van der Waals surface area contributed by atoms with Crippen LogP contribution >= 0.6 is 0 Å². The van der Waals surface area contributed by atoms with E-state index in [-0.39, 0.29) is 12.5 Å². The van der Waals surface area contributed by atoms with E-state index < -0.39 is 6.09 Å². The van der Waals surface area contributed by atoms with Crippen molar-refractivity contribution in [1.82, 2.24) is 4.90 Å². The molecule has 0 saturated heterocycles. The van der Waals surface area contributed by atoms with Crippen LogP contribution < -0.4 is 0 Å². The van der Waals surface area contributed by atoms with Crippen LogP contribution in [0.3, 0.4) is 0 Å². The first-order valence-corrected chi connectivity index (χ1v) is 11.6. The lowest BCUT2D eigenvalue weighted by molar-refractivity contribution is -0.144. The summed E-state index contributed by atoms with van der Waals surface area (Å²) in [6.45, 7) is 5.08.